The molecule has 1 N–H and O–H groups in total. The predicted molar refractivity (Wildman–Crippen MR) is 106 cm³/mol. The van der Waals surface area contributed by atoms with Crippen molar-refractivity contribution in [1.82, 2.24) is 9.55 Å². The first-order valence-electron chi connectivity index (χ1n) is 8.19. The average Bonchev–Trinajstić information content (AvgIpc) is 2.64. The van der Waals surface area contributed by atoms with Gasteiger partial charge in [-0.15, -0.1) is 0 Å². The largest absolute Gasteiger partial charge is 0.365 e. The summed E-state index contributed by atoms with van der Waals surface area (Å²) in [5.74, 6) is 0.650. The molecule has 1 atom stereocenters. The summed E-state index contributed by atoms with van der Waals surface area (Å²) < 4.78 is 2.63. The summed E-state index contributed by atoms with van der Waals surface area (Å²) in [5.41, 5.74) is 2.99. The van der Waals surface area contributed by atoms with E-state index in [0.29, 0.717) is 12.4 Å². The Bertz CT molecular complexity index is 922. The van der Waals surface area contributed by atoms with E-state index in [9.17, 15) is 4.79 Å². The standard InChI is InChI=1S/C20H20BrN3O/c1-14-12-17(8-9-18(14)21)24-11-10-22-19(20(24)25)23-13-15(2)16-6-4-3-5-7-16/h3-12,15H,13H2,1-2H3,(H,22,23). The summed E-state index contributed by atoms with van der Waals surface area (Å²) in [6.07, 6.45) is 3.34. The third kappa shape index (κ3) is 3.99. The van der Waals surface area contributed by atoms with Gasteiger partial charge in [0.25, 0.3) is 5.56 Å². The maximum atomic E-state index is 12.7. The monoisotopic (exact) mass is 397 g/mol. The molecule has 0 saturated carbocycles. The third-order valence-corrected chi connectivity index (χ3v) is 5.09. The van der Waals surface area contributed by atoms with Gasteiger partial charge in [-0.2, -0.15) is 0 Å². The molecule has 3 rings (SSSR count). The van der Waals surface area contributed by atoms with E-state index in [1.165, 1.54) is 5.56 Å². The minimum atomic E-state index is -0.149. The fraction of sp³-hybridized carbons (Fsp3) is 0.200. The fourth-order valence-electron chi connectivity index (χ4n) is 2.66. The minimum Gasteiger partial charge on any atom is -0.365 e. The lowest BCUT2D eigenvalue weighted by molar-refractivity contribution is 0.796. The van der Waals surface area contributed by atoms with Gasteiger partial charge in [-0.25, -0.2) is 4.98 Å². The molecule has 0 bridgehead atoms. The SMILES string of the molecule is Cc1cc(-n2ccnc(NCC(C)c3ccccc3)c2=O)ccc1Br. The van der Waals surface area contributed by atoms with Crippen molar-refractivity contribution in [3.05, 3.63) is 86.9 Å². The Hall–Kier alpha value is -2.40. The number of halogens is 1. The first-order valence-corrected chi connectivity index (χ1v) is 8.98. The number of hydrogen-bond acceptors (Lipinski definition) is 3. The molecule has 1 unspecified atom stereocenters. The van der Waals surface area contributed by atoms with Crippen LogP contribution in [0.4, 0.5) is 5.82 Å². The summed E-state index contributed by atoms with van der Waals surface area (Å²) in [4.78, 5) is 17.0. The Balaban J connectivity index is 1.82. The lowest BCUT2D eigenvalue weighted by Crippen LogP contribution is -2.24. The van der Waals surface area contributed by atoms with E-state index in [0.717, 1.165) is 15.7 Å². The highest BCUT2D eigenvalue weighted by atomic mass is 79.9. The quantitative estimate of drug-likeness (QED) is 0.688. The maximum Gasteiger partial charge on any atom is 0.297 e. The van der Waals surface area contributed by atoms with E-state index in [4.69, 9.17) is 0 Å². The number of aryl methyl sites for hydroxylation is 1. The van der Waals surface area contributed by atoms with E-state index >= 15 is 0 Å². The zero-order chi connectivity index (χ0) is 17.8. The van der Waals surface area contributed by atoms with E-state index < -0.39 is 0 Å². The first kappa shape index (κ1) is 17.4. The van der Waals surface area contributed by atoms with Crippen molar-refractivity contribution in [1.29, 1.82) is 0 Å². The fourth-order valence-corrected chi connectivity index (χ4v) is 2.91. The topological polar surface area (TPSA) is 46.9 Å². The number of nitrogens with one attached hydrogen (secondary N) is 1. The van der Waals surface area contributed by atoms with Crippen LogP contribution in [0.1, 0.15) is 24.0 Å². The minimum absolute atomic E-state index is 0.149. The van der Waals surface area contributed by atoms with Gasteiger partial charge in [0.1, 0.15) is 0 Å². The van der Waals surface area contributed by atoms with Crippen molar-refractivity contribution in [2.75, 3.05) is 11.9 Å². The number of aromatic nitrogens is 2. The van der Waals surface area contributed by atoms with Gasteiger partial charge < -0.3 is 5.32 Å². The Labute approximate surface area is 155 Å². The van der Waals surface area contributed by atoms with Crippen LogP contribution in [0.15, 0.2) is 70.2 Å². The molecule has 0 spiro atoms. The predicted octanol–water partition coefficient (Wildman–Crippen LogP) is 4.52. The second-order valence-corrected chi connectivity index (χ2v) is 6.93. The van der Waals surface area contributed by atoms with E-state index in [-0.39, 0.29) is 11.5 Å². The van der Waals surface area contributed by atoms with Crippen molar-refractivity contribution in [2.24, 2.45) is 0 Å². The highest BCUT2D eigenvalue weighted by Crippen LogP contribution is 2.19. The van der Waals surface area contributed by atoms with Crippen LogP contribution in [0.25, 0.3) is 5.69 Å². The number of anilines is 1. The van der Waals surface area contributed by atoms with Crippen LogP contribution in [-0.2, 0) is 0 Å². The Kier molecular flexibility index (Phi) is 5.34. The molecule has 0 aliphatic heterocycles. The van der Waals surface area contributed by atoms with E-state index in [1.54, 1.807) is 17.0 Å². The highest BCUT2D eigenvalue weighted by Gasteiger charge is 2.10. The molecule has 2 aromatic carbocycles. The van der Waals surface area contributed by atoms with Crippen LogP contribution in [0.5, 0.6) is 0 Å². The van der Waals surface area contributed by atoms with E-state index in [2.05, 4.69) is 45.3 Å². The second kappa shape index (κ2) is 7.66. The molecule has 0 aliphatic rings. The number of hydrogen-bond donors (Lipinski definition) is 1. The van der Waals surface area contributed by atoms with Crippen molar-refractivity contribution in [3.63, 3.8) is 0 Å². The van der Waals surface area contributed by atoms with Crippen LogP contribution < -0.4 is 10.9 Å². The van der Waals surface area contributed by atoms with Crippen LogP contribution in [0.3, 0.4) is 0 Å². The van der Waals surface area contributed by atoms with Gasteiger partial charge >= 0.3 is 0 Å². The zero-order valence-electron chi connectivity index (χ0n) is 14.2. The summed E-state index contributed by atoms with van der Waals surface area (Å²) in [7, 11) is 0. The molecular weight excluding hydrogens is 378 g/mol. The summed E-state index contributed by atoms with van der Waals surface area (Å²) >= 11 is 3.49. The van der Waals surface area contributed by atoms with Gasteiger partial charge in [-0.05, 0) is 42.2 Å². The van der Waals surface area contributed by atoms with Gasteiger partial charge in [0.15, 0.2) is 5.82 Å². The van der Waals surface area contributed by atoms with Crippen molar-refractivity contribution in [2.45, 2.75) is 19.8 Å². The molecule has 3 aromatic rings. The Morgan fingerprint density at radius 1 is 1.20 bits per heavy atom. The Morgan fingerprint density at radius 2 is 1.96 bits per heavy atom. The van der Waals surface area contributed by atoms with Crippen LogP contribution in [0, 0.1) is 6.92 Å². The van der Waals surface area contributed by atoms with Crippen molar-refractivity contribution >= 4 is 21.7 Å². The molecule has 0 amide bonds. The molecule has 5 heteroatoms. The lowest BCUT2D eigenvalue weighted by atomic mass is 10.0. The lowest BCUT2D eigenvalue weighted by Gasteiger charge is -2.14. The number of rotatable bonds is 5. The van der Waals surface area contributed by atoms with Gasteiger partial charge in [-0.3, -0.25) is 9.36 Å². The summed E-state index contributed by atoms with van der Waals surface area (Å²) in [6, 6.07) is 16.1. The number of nitrogens with zero attached hydrogens (tertiary/aromatic N) is 2. The first-order chi connectivity index (χ1) is 12.1. The smallest absolute Gasteiger partial charge is 0.297 e. The Morgan fingerprint density at radius 3 is 2.68 bits per heavy atom. The maximum absolute atomic E-state index is 12.7. The molecule has 1 aromatic heterocycles. The molecule has 0 radical (unpaired) electrons. The molecule has 0 saturated heterocycles. The average molecular weight is 398 g/mol. The molecular formula is C20H20BrN3O. The van der Waals surface area contributed by atoms with Gasteiger partial charge in [0.05, 0.1) is 0 Å². The molecule has 4 nitrogen and oxygen atoms in total. The normalized spacial score (nSPS) is 12.0. The van der Waals surface area contributed by atoms with Crippen LogP contribution in [0.2, 0.25) is 0 Å². The van der Waals surface area contributed by atoms with Gasteiger partial charge in [0, 0.05) is 29.1 Å². The molecule has 0 aliphatic carbocycles. The van der Waals surface area contributed by atoms with Gasteiger partial charge in [-0.1, -0.05) is 53.2 Å². The van der Waals surface area contributed by atoms with Crippen molar-refractivity contribution < 1.29 is 0 Å². The highest BCUT2D eigenvalue weighted by molar-refractivity contribution is 9.10. The molecule has 1 heterocycles. The van der Waals surface area contributed by atoms with Crippen LogP contribution >= 0.6 is 15.9 Å². The zero-order valence-corrected chi connectivity index (χ0v) is 15.8. The molecule has 128 valence electrons. The number of benzene rings is 2. The molecule has 0 fully saturated rings. The van der Waals surface area contributed by atoms with Crippen LogP contribution in [-0.4, -0.2) is 16.1 Å². The third-order valence-electron chi connectivity index (χ3n) is 4.20. The molecule has 25 heavy (non-hydrogen) atoms. The van der Waals surface area contributed by atoms with Gasteiger partial charge in [0.2, 0.25) is 0 Å². The van der Waals surface area contributed by atoms with E-state index in [1.807, 2.05) is 43.3 Å². The summed E-state index contributed by atoms with van der Waals surface area (Å²) in [6.45, 7) is 4.78. The summed E-state index contributed by atoms with van der Waals surface area (Å²) in [5, 5.41) is 3.19. The second-order valence-electron chi connectivity index (χ2n) is 6.08. The van der Waals surface area contributed by atoms with Crippen molar-refractivity contribution in [3.8, 4) is 5.69 Å².